The number of nitrogens with one attached hydrogen (secondary N) is 1. The summed E-state index contributed by atoms with van der Waals surface area (Å²) in [7, 11) is 0. The van der Waals surface area contributed by atoms with E-state index >= 15 is 0 Å². The number of hydrogen-bond acceptors (Lipinski definition) is 4. The van der Waals surface area contributed by atoms with E-state index in [0.717, 1.165) is 29.1 Å². The van der Waals surface area contributed by atoms with Gasteiger partial charge in [-0.25, -0.2) is 0 Å². The van der Waals surface area contributed by atoms with Gasteiger partial charge in [-0.1, -0.05) is 25.1 Å². The predicted octanol–water partition coefficient (Wildman–Crippen LogP) is 1.53. The van der Waals surface area contributed by atoms with Gasteiger partial charge in [-0.05, 0) is 13.3 Å². The van der Waals surface area contributed by atoms with Crippen LogP contribution < -0.4 is 0 Å². The normalized spacial score (nSPS) is 10.6. The molecule has 1 rings (SSSR count). The lowest BCUT2D eigenvalue weighted by Gasteiger charge is -2.00. The van der Waals surface area contributed by atoms with E-state index in [2.05, 4.69) is 17.1 Å². The van der Waals surface area contributed by atoms with Crippen LogP contribution in [0.5, 0.6) is 0 Å². The van der Waals surface area contributed by atoms with Crippen LogP contribution in [0.2, 0.25) is 0 Å². The molecule has 15 heavy (non-hydrogen) atoms. The van der Waals surface area contributed by atoms with Gasteiger partial charge in [0.2, 0.25) is 0 Å². The summed E-state index contributed by atoms with van der Waals surface area (Å²) in [6, 6.07) is 0. The van der Waals surface area contributed by atoms with E-state index in [9.17, 15) is 9.59 Å². The Morgan fingerprint density at radius 3 is 2.67 bits per heavy atom. The number of nitrogens with zero attached hydrogens (tertiary/aromatic N) is 1. The van der Waals surface area contributed by atoms with Crippen LogP contribution >= 0.6 is 11.8 Å². The standard InChI is InChI=1S/C10H14N2O2S/c1-3-4-9-7(2)10(12-11-9)15-8(5-13)6-14/h5-6,8H,3-4H2,1-2H3,(H,11,12). The smallest absolute Gasteiger partial charge is 0.140 e. The van der Waals surface area contributed by atoms with E-state index in [4.69, 9.17) is 0 Å². The minimum absolute atomic E-state index is 0.630. The molecule has 1 N–H and O–H groups in total. The van der Waals surface area contributed by atoms with Crippen LogP contribution in [0.1, 0.15) is 24.6 Å². The van der Waals surface area contributed by atoms with E-state index in [1.54, 1.807) is 0 Å². The van der Waals surface area contributed by atoms with Crippen molar-refractivity contribution in [2.75, 3.05) is 0 Å². The predicted molar refractivity (Wildman–Crippen MR) is 59.1 cm³/mol. The van der Waals surface area contributed by atoms with Crippen molar-refractivity contribution in [1.82, 2.24) is 10.2 Å². The SMILES string of the molecule is CCCc1[nH]nc(SC(C=O)C=O)c1C. The lowest BCUT2D eigenvalue weighted by atomic mass is 10.2. The highest BCUT2D eigenvalue weighted by Gasteiger charge is 2.14. The molecule has 0 aliphatic rings. The molecule has 0 amide bonds. The molecule has 1 heterocycles. The summed E-state index contributed by atoms with van der Waals surface area (Å²) in [5.74, 6) is 0. The van der Waals surface area contributed by atoms with Crippen LogP contribution in [0, 0.1) is 6.92 Å². The first-order chi connectivity index (χ1) is 7.22. The molecule has 0 atom stereocenters. The van der Waals surface area contributed by atoms with Gasteiger partial charge in [0, 0.05) is 11.3 Å². The van der Waals surface area contributed by atoms with E-state index < -0.39 is 5.25 Å². The van der Waals surface area contributed by atoms with Gasteiger partial charge < -0.3 is 9.59 Å². The number of aromatic nitrogens is 2. The maximum absolute atomic E-state index is 10.5. The zero-order valence-corrected chi connectivity index (χ0v) is 9.63. The third-order valence-corrected chi connectivity index (χ3v) is 3.20. The second kappa shape index (κ2) is 5.70. The minimum atomic E-state index is -0.651. The van der Waals surface area contributed by atoms with Crippen molar-refractivity contribution in [3.05, 3.63) is 11.3 Å². The molecule has 0 aliphatic heterocycles. The van der Waals surface area contributed by atoms with E-state index in [1.807, 2.05) is 6.92 Å². The van der Waals surface area contributed by atoms with E-state index in [0.29, 0.717) is 12.6 Å². The number of thioether (sulfide) groups is 1. The summed E-state index contributed by atoms with van der Waals surface area (Å²) in [6.07, 6.45) is 3.24. The van der Waals surface area contributed by atoms with Gasteiger partial charge in [0.05, 0.1) is 0 Å². The van der Waals surface area contributed by atoms with Gasteiger partial charge in [0.25, 0.3) is 0 Å². The van der Waals surface area contributed by atoms with Gasteiger partial charge in [-0.3, -0.25) is 5.10 Å². The van der Waals surface area contributed by atoms with Crippen LogP contribution in [-0.4, -0.2) is 28.0 Å². The topological polar surface area (TPSA) is 62.8 Å². The third kappa shape index (κ3) is 2.92. The molecule has 0 fully saturated rings. The van der Waals surface area contributed by atoms with Crippen molar-refractivity contribution in [2.24, 2.45) is 0 Å². The molecule has 0 radical (unpaired) electrons. The Bertz CT molecular complexity index is 341. The number of aromatic amines is 1. The van der Waals surface area contributed by atoms with Gasteiger partial charge in [0.1, 0.15) is 22.8 Å². The number of carbonyl (C=O) groups excluding carboxylic acids is 2. The zero-order valence-electron chi connectivity index (χ0n) is 8.82. The third-order valence-electron chi connectivity index (χ3n) is 2.08. The molecular weight excluding hydrogens is 212 g/mol. The highest BCUT2D eigenvalue weighted by Crippen LogP contribution is 2.25. The van der Waals surface area contributed by atoms with Crippen LogP contribution in [-0.2, 0) is 16.0 Å². The van der Waals surface area contributed by atoms with Crippen molar-refractivity contribution in [3.8, 4) is 0 Å². The Morgan fingerprint density at radius 1 is 1.47 bits per heavy atom. The molecule has 0 bridgehead atoms. The first-order valence-corrected chi connectivity index (χ1v) is 5.72. The van der Waals surface area contributed by atoms with Crippen LogP contribution in [0.4, 0.5) is 0 Å². The molecule has 82 valence electrons. The first kappa shape index (κ1) is 12.0. The average molecular weight is 226 g/mol. The molecule has 0 unspecified atom stereocenters. The number of carbonyl (C=O) groups is 2. The van der Waals surface area contributed by atoms with Crippen molar-refractivity contribution in [3.63, 3.8) is 0 Å². The second-order valence-electron chi connectivity index (χ2n) is 3.24. The molecule has 0 saturated carbocycles. The molecule has 0 saturated heterocycles. The molecule has 0 aliphatic carbocycles. The molecule has 5 heteroatoms. The summed E-state index contributed by atoms with van der Waals surface area (Å²) in [5, 5.41) is 7.10. The van der Waals surface area contributed by atoms with Crippen LogP contribution in [0.15, 0.2) is 5.03 Å². The van der Waals surface area contributed by atoms with Crippen LogP contribution in [0.25, 0.3) is 0 Å². The van der Waals surface area contributed by atoms with Gasteiger partial charge in [-0.15, -0.1) is 0 Å². The fraction of sp³-hybridized carbons (Fsp3) is 0.500. The number of hydrogen-bond donors (Lipinski definition) is 1. The highest BCUT2D eigenvalue weighted by molar-refractivity contribution is 8.01. The van der Waals surface area contributed by atoms with Crippen LogP contribution in [0.3, 0.4) is 0 Å². The lowest BCUT2D eigenvalue weighted by molar-refractivity contribution is -0.113. The molecule has 1 aromatic heterocycles. The summed E-state index contributed by atoms with van der Waals surface area (Å²) < 4.78 is 0. The van der Waals surface area contributed by atoms with Gasteiger partial charge >= 0.3 is 0 Å². The summed E-state index contributed by atoms with van der Waals surface area (Å²) >= 11 is 1.18. The number of aldehydes is 2. The Balaban J connectivity index is 2.77. The van der Waals surface area contributed by atoms with Crippen molar-refractivity contribution >= 4 is 24.3 Å². The van der Waals surface area contributed by atoms with Gasteiger partial charge in [0.15, 0.2) is 0 Å². The number of H-pyrrole nitrogens is 1. The molecule has 4 nitrogen and oxygen atoms in total. The second-order valence-corrected chi connectivity index (χ2v) is 4.40. The fourth-order valence-corrected chi connectivity index (χ4v) is 2.01. The summed E-state index contributed by atoms with van der Waals surface area (Å²) in [6.45, 7) is 4.04. The molecule has 0 spiro atoms. The average Bonchev–Trinajstić information content (AvgIpc) is 2.58. The lowest BCUT2D eigenvalue weighted by Crippen LogP contribution is -2.05. The molecular formula is C10H14N2O2S. The Kier molecular flexibility index (Phi) is 4.55. The zero-order chi connectivity index (χ0) is 11.3. The molecule has 0 aromatic carbocycles. The Morgan fingerprint density at radius 2 is 2.13 bits per heavy atom. The van der Waals surface area contributed by atoms with E-state index in [-0.39, 0.29) is 0 Å². The highest BCUT2D eigenvalue weighted by atomic mass is 32.2. The minimum Gasteiger partial charge on any atom is -0.302 e. The Labute approximate surface area is 92.8 Å². The largest absolute Gasteiger partial charge is 0.302 e. The summed E-state index contributed by atoms with van der Waals surface area (Å²) in [5.41, 5.74) is 2.12. The maximum Gasteiger partial charge on any atom is 0.140 e. The fourth-order valence-electron chi connectivity index (χ4n) is 1.24. The van der Waals surface area contributed by atoms with E-state index in [1.165, 1.54) is 11.8 Å². The van der Waals surface area contributed by atoms with Gasteiger partial charge in [-0.2, -0.15) is 5.10 Å². The maximum atomic E-state index is 10.5. The number of aryl methyl sites for hydroxylation is 1. The molecule has 1 aromatic rings. The number of rotatable bonds is 6. The van der Waals surface area contributed by atoms with Crippen molar-refractivity contribution < 1.29 is 9.59 Å². The monoisotopic (exact) mass is 226 g/mol. The summed E-state index contributed by atoms with van der Waals surface area (Å²) in [4.78, 5) is 21.0. The quantitative estimate of drug-likeness (QED) is 0.454. The first-order valence-electron chi connectivity index (χ1n) is 4.84. The Hall–Kier alpha value is -1.10. The van der Waals surface area contributed by atoms with Crippen molar-refractivity contribution in [2.45, 2.75) is 37.0 Å². The van der Waals surface area contributed by atoms with Crippen molar-refractivity contribution in [1.29, 1.82) is 0 Å².